The van der Waals surface area contributed by atoms with Crippen LogP contribution < -0.4 is 0 Å². The van der Waals surface area contributed by atoms with E-state index in [1.54, 1.807) is 0 Å². The third kappa shape index (κ3) is 6.33. The number of phenols is 2. The third-order valence-electron chi connectivity index (χ3n) is 3.43. The minimum atomic E-state index is -0.00292. The minimum absolute atomic E-state index is 0.00292. The predicted octanol–water partition coefficient (Wildman–Crippen LogP) is 3.15. The molecule has 2 aliphatic rings. The summed E-state index contributed by atoms with van der Waals surface area (Å²) in [4.78, 5) is 0. The molecule has 2 saturated heterocycles. The Hall–Kier alpha value is -1.30. The van der Waals surface area contributed by atoms with Crippen LogP contribution in [0.25, 0.3) is 0 Å². The van der Waals surface area contributed by atoms with Crippen molar-refractivity contribution in [2.75, 3.05) is 13.2 Å². The highest BCUT2D eigenvalue weighted by Crippen LogP contribution is 2.20. The molecule has 0 spiro atoms. The summed E-state index contributed by atoms with van der Waals surface area (Å²) in [6.45, 7) is 1.69. The van der Waals surface area contributed by atoms with Crippen molar-refractivity contribution >= 4 is 0 Å². The standard InChI is InChI=1S/C10H18O3.C6H6O2/c1-3-7-11-9(5-1)13-10-6-2-4-8-12-10;7-5-1-2-6(8)4-3-5/h9-10H,1-8H2;1-4,7-8H. The van der Waals surface area contributed by atoms with Crippen LogP contribution >= 0.6 is 0 Å². The van der Waals surface area contributed by atoms with Crippen LogP contribution in [0.2, 0.25) is 0 Å². The first-order valence-electron chi connectivity index (χ1n) is 7.61. The molecule has 2 unspecified atom stereocenters. The number of ether oxygens (including phenoxy) is 3. The van der Waals surface area contributed by atoms with Gasteiger partial charge in [-0.15, -0.1) is 0 Å². The highest BCUT2D eigenvalue weighted by atomic mass is 16.8. The zero-order valence-corrected chi connectivity index (χ0v) is 12.2. The SMILES string of the molecule is C1CCC(OC2CCCCO2)OC1.Oc1ccc(O)cc1. The maximum Gasteiger partial charge on any atom is 0.160 e. The summed E-state index contributed by atoms with van der Waals surface area (Å²) in [7, 11) is 0. The van der Waals surface area contributed by atoms with Gasteiger partial charge in [-0.3, -0.25) is 0 Å². The Morgan fingerprint density at radius 1 is 0.762 bits per heavy atom. The smallest absolute Gasteiger partial charge is 0.160 e. The molecule has 1 aromatic carbocycles. The van der Waals surface area contributed by atoms with Crippen molar-refractivity contribution in [3.05, 3.63) is 24.3 Å². The molecule has 5 nitrogen and oxygen atoms in total. The highest BCUT2D eigenvalue weighted by Gasteiger charge is 2.21. The normalized spacial score (nSPS) is 25.7. The number of phenolic OH excluding ortho intramolecular Hbond substituents is 2. The lowest BCUT2D eigenvalue weighted by Gasteiger charge is -2.29. The van der Waals surface area contributed by atoms with Gasteiger partial charge in [-0.25, -0.2) is 0 Å². The molecule has 118 valence electrons. The van der Waals surface area contributed by atoms with Crippen LogP contribution in [0.1, 0.15) is 38.5 Å². The maximum absolute atomic E-state index is 8.65. The van der Waals surface area contributed by atoms with Crippen LogP contribution in [-0.4, -0.2) is 36.0 Å². The predicted molar refractivity (Wildman–Crippen MR) is 78.0 cm³/mol. The first-order valence-corrected chi connectivity index (χ1v) is 7.61. The molecule has 2 heterocycles. The van der Waals surface area contributed by atoms with E-state index in [0.29, 0.717) is 0 Å². The Morgan fingerprint density at radius 3 is 1.52 bits per heavy atom. The van der Waals surface area contributed by atoms with E-state index in [0.717, 1.165) is 26.1 Å². The first-order chi connectivity index (χ1) is 10.2. The molecule has 2 aliphatic heterocycles. The minimum Gasteiger partial charge on any atom is -0.508 e. The number of hydrogen-bond donors (Lipinski definition) is 2. The third-order valence-corrected chi connectivity index (χ3v) is 3.43. The lowest BCUT2D eigenvalue weighted by Crippen LogP contribution is -2.31. The molecule has 0 amide bonds. The van der Waals surface area contributed by atoms with Gasteiger partial charge in [-0.2, -0.15) is 0 Å². The van der Waals surface area contributed by atoms with E-state index in [2.05, 4.69) is 0 Å². The van der Waals surface area contributed by atoms with Gasteiger partial charge in [0.1, 0.15) is 11.5 Å². The largest absolute Gasteiger partial charge is 0.508 e. The fourth-order valence-corrected chi connectivity index (χ4v) is 2.26. The summed E-state index contributed by atoms with van der Waals surface area (Å²) >= 11 is 0. The Labute approximate surface area is 125 Å². The van der Waals surface area contributed by atoms with E-state index in [4.69, 9.17) is 24.4 Å². The summed E-state index contributed by atoms with van der Waals surface area (Å²) in [6, 6.07) is 5.70. The molecule has 2 fully saturated rings. The number of hydrogen-bond acceptors (Lipinski definition) is 5. The maximum atomic E-state index is 8.65. The summed E-state index contributed by atoms with van der Waals surface area (Å²) < 4.78 is 16.6. The van der Waals surface area contributed by atoms with Gasteiger partial charge in [0.2, 0.25) is 0 Å². The van der Waals surface area contributed by atoms with Crippen LogP contribution in [0.4, 0.5) is 0 Å². The van der Waals surface area contributed by atoms with E-state index in [9.17, 15) is 0 Å². The lowest BCUT2D eigenvalue weighted by molar-refractivity contribution is -0.264. The van der Waals surface area contributed by atoms with Crippen molar-refractivity contribution in [3.63, 3.8) is 0 Å². The fourth-order valence-electron chi connectivity index (χ4n) is 2.26. The average Bonchev–Trinajstić information content (AvgIpc) is 2.53. The summed E-state index contributed by atoms with van der Waals surface area (Å²) in [5, 5.41) is 17.3. The van der Waals surface area contributed by atoms with Gasteiger partial charge < -0.3 is 24.4 Å². The summed E-state index contributed by atoms with van der Waals surface area (Å²) in [6.07, 6.45) is 6.83. The highest BCUT2D eigenvalue weighted by molar-refractivity contribution is 5.28. The first kappa shape index (κ1) is 16.1. The molecule has 0 bridgehead atoms. The summed E-state index contributed by atoms with van der Waals surface area (Å²) in [5.74, 6) is 0.339. The van der Waals surface area contributed by atoms with Gasteiger partial charge in [0, 0.05) is 13.2 Å². The molecular formula is C16H24O5. The van der Waals surface area contributed by atoms with Crippen molar-refractivity contribution in [1.82, 2.24) is 0 Å². The van der Waals surface area contributed by atoms with Gasteiger partial charge >= 0.3 is 0 Å². The molecule has 3 rings (SSSR count). The van der Waals surface area contributed by atoms with Gasteiger partial charge in [0.25, 0.3) is 0 Å². The molecule has 1 aromatic rings. The van der Waals surface area contributed by atoms with Gasteiger partial charge in [-0.1, -0.05) is 0 Å². The Balaban J connectivity index is 0.000000173. The van der Waals surface area contributed by atoms with Gasteiger partial charge in [-0.05, 0) is 62.8 Å². The molecule has 0 aromatic heterocycles. The molecule has 2 atom stereocenters. The molecule has 0 aliphatic carbocycles. The van der Waals surface area contributed by atoms with E-state index in [1.165, 1.54) is 49.9 Å². The molecule has 21 heavy (non-hydrogen) atoms. The van der Waals surface area contributed by atoms with E-state index < -0.39 is 0 Å². The zero-order valence-electron chi connectivity index (χ0n) is 12.2. The summed E-state index contributed by atoms with van der Waals surface area (Å²) in [5.41, 5.74) is 0. The lowest BCUT2D eigenvalue weighted by atomic mass is 10.2. The van der Waals surface area contributed by atoms with E-state index in [-0.39, 0.29) is 24.1 Å². The van der Waals surface area contributed by atoms with Crippen molar-refractivity contribution in [3.8, 4) is 11.5 Å². The zero-order chi connectivity index (χ0) is 14.9. The number of benzene rings is 1. The van der Waals surface area contributed by atoms with E-state index >= 15 is 0 Å². The van der Waals surface area contributed by atoms with Crippen molar-refractivity contribution in [1.29, 1.82) is 0 Å². The van der Waals surface area contributed by atoms with Crippen molar-refractivity contribution in [2.45, 2.75) is 51.1 Å². The van der Waals surface area contributed by atoms with Crippen LogP contribution in [-0.2, 0) is 14.2 Å². The topological polar surface area (TPSA) is 68.2 Å². The van der Waals surface area contributed by atoms with E-state index in [1.807, 2.05) is 0 Å². The fraction of sp³-hybridized carbons (Fsp3) is 0.625. The second-order valence-corrected chi connectivity index (χ2v) is 5.24. The van der Waals surface area contributed by atoms with Crippen LogP contribution in [0.15, 0.2) is 24.3 Å². The van der Waals surface area contributed by atoms with Crippen LogP contribution in [0, 0.1) is 0 Å². The average molecular weight is 296 g/mol. The molecular weight excluding hydrogens is 272 g/mol. The number of rotatable bonds is 2. The molecule has 0 radical (unpaired) electrons. The van der Waals surface area contributed by atoms with Gasteiger partial charge in [0.15, 0.2) is 12.6 Å². The Bertz CT molecular complexity index is 343. The molecule has 2 N–H and O–H groups in total. The van der Waals surface area contributed by atoms with Crippen LogP contribution in [0.5, 0.6) is 11.5 Å². The quantitative estimate of drug-likeness (QED) is 0.821. The van der Waals surface area contributed by atoms with Crippen molar-refractivity contribution < 1.29 is 24.4 Å². The monoisotopic (exact) mass is 296 g/mol. The number of aromatic hydroxyl groups is 2. The second kappa shape index (κ2) is 8.87. The van der Waals surface area contributed by atoms with Gasteiger partial charge in [0.05, 0.1) is 0 Å². The van der Waals surface area contributed by atoms with Crippen molar-refractivity contribution in [2.24, 2.45) is 0 Å². The molecule has 0 saturated carbocycles. The Morgan fingerprint density at radius 2 is 1.19 bits per heavy atom. The van der Waals surface area contributed by atoms with Crippen LogP contribution in [0.3, 0.4) is 0 Å². The Kier molecular flexibility index (Phi) is 6.79. The second-order valence-electron chi connectivity index (χ2n) is 5.24. The molecule has 5 heteroatoms.